The van der Waals surface area contributed by atoms with Gasteiger partial charge in [0.25, 0.3) is 0 Å². The minimum absolute atomic E-state index is 0.0899. The summed E-state index contributed by atoms with van der Waals surface area (Å²) in [5.74, 6) is 0.0899. The highest BCUT2D eigenvalue weighted by Crippen LogP contribution is 2.10. The van der Waals surface area contributed by atoms with E-state index >= 15 is 0 Å². The van der Waals surface area contributed by atoms with E-state index in [2.05, 4.69) is 0 Å². The third kappa shape index (κ3) is 4.46. The minimum Gasteiger partial charge on any atom is -0.383 e. The minimum atomic E-state index is 0.0899. The lowest BCUT2D eigenvalue weighted by Crippen LogP contribution is -2.36. The average molecular weight is 256 g/mol. The molecule has 0 fully saturated rings. The van der Waals surface area contributed by atoms with Crippen LogP contribution >= 0.6 is 11.6 Å². The summed E-state index contributed by atoms with van der Waals surface area (Å²) in [7, 11) is 3.57. The van der Waals surface area contributed by atoms with Gasteiger partial charge in [0, 0.05) is 23.7 Å². The number of ether oxygens (including phenoxy) is 1. The summed E-state index contributed by atoms with van der Waals surface area (Å²) in [6.07, 6.45) is 0. The van der Waals surface area contributed by atoms with Crippen LogP contribution in [0.4, 0.5) is 0 Å². The van der Waals surface area contributed by atoms with Gasteiger partial charge >= 0.3 is 0 Å². The molecule has 0 aliphatic carbocycles. The molecule has 0 amide bonds. The number of rotatable bonds is 6. The fourth-order valence-electron chi connectivity index (χ4n) is 1.48. The lowest BCUT2D eigenvalue weighted by Gasteiger charge is -2.23. The van der Waals surface area contributed by atoms with Gasteiger partial charge < -0.3 is 4.74 Å². The summed E-state index contributed by atoms with van der Waals surface area (Å²) in [6, 6.07) is 7.18. The van der Waals surface area contributed by atoms with Gasteiger partial charge in [0.15, 0.2) is 5.78 Å². The van der Waals surface area contributed by atoms with Gasteiger partial charge in [-0.05, 0) is 38.2 Å². The van der Waals surface area contributed by atoms with Gasteiger partial charge in [-0.2, -0.15) is 0 Å². The van der Waals surface area contributed by atoms with E-state index in [0.717, 1.165) is 0 Å². The van der Waals surface area contributed by atoms with Crippen LogP contribution in [0, 0.1) is 0 Å². The molecule has 1 rings (SSSR count). The molecule has 1 aromatic carbocycles. The number of carbonyl (C=O) groups is 1. The summed E-state index contributed by atoms with van der Waals surface area (Å²) >= 11 is 5.78. The van der Waals surface area contributed by atoms with Crippen LogP contribution in [0.25, 0.3) is 0 Å². The Kier molecular flexibility index (Phi) is 5.62. The van der Waals surface area contributed by atoms with Crippen LogP contribution in [0.5, 0.6) is 0 Å². The molecule has 1 atom stereocenters. The maximum atomic E-state index is 11.9. The highest BCUT2D eigenvalue weighted by Gasteiger charge is 2.14. The maximum Gasteiger partial charge on any atom is 0.176 e. The summed E-state index contributed by atoms with van der Waals surface area (Å²) in [5.41, 5.74) is 0.686. The van der Waals surface area contributed by atoms with Gasteiger partial charge in [-0.15, -0.1) is 0 Å². The molecule has 3 nitrogen and oxygen atoms in total. The molecule has 0 saturated carbocycles. The monoisotopic (exact) mass is 255 g/mol. The standard InChI is InChI=1S/C13H18ClNO2/c1-10(9-17-3)15(2)8-13(16)11-4-6-12(14)7-5-11/h4-7,10H,8-9H2,1-3H3. The van der Waals surface area contributed by atoms with Crippen molar-refractivity contribution in [2.75, 3.05) is 27.3 Å². The van der Waals surface area contributed by atoms with E-state index in [0.29, 0.717) is 23.7 Å². The highest BCUT2D eigenvalue weighted by atomic mass is 35.5. The number of halogens is 1. The Morgan fingerprint density at radius 1 is 1.41 bits per heavy atom. The van der Waals surface area contributed by atoms with E-state index < -0.39 is 0 Å². The lowest BCUT2D eigenvalue weighted by atomic mass is 10.1. The molecule has 0 bridgehead atoms. The number of hydrogen-bond donors (Lipinski definition) is 0. The van der Waals surface area contributed by atoms with Gasteiger partial charge in [0.05, 0.1) is 13.2 Å². The molecule has 0 heterocycles. The number of carbonyl (C=O) groups excluding carboxylic acids is 1. The number of hydrogen-bond acceptors (Lipinski definition) is 3. The first-order valence-corrected chi connectivity index (χ1v) is 5.90. The molecule has 0 spiro atoms. The summed E-state index contributed by atoms with van der Waals surface area (Å²) in [5, 5.41) is 0.641. The molecule has 0 aliphatic rings. The van der Waals surface area contributed by atoms with Crippen molar-refractivity contribution in [2.45, 2.75) is 13.0 Å². The molecule has 0 aromatic heterocycles. The third-order valence-corrected chi connectivity index (χ3v) is 2.97. The molecule has 0 saturated heterocycles. The Labute approximate surface area is 107 Å². The second-order valence-electron chi connectivity index (χ2n) is 4.15. The van der Waals surface area contributed by atoms with E-state index in [1.165, 1.54) is 0 Å². The number of methoxy groups -OCH3 is 1. The fourth-order valence-corrected chi connectivity index (χ4v) is 1.60. The van der Waals surface area contributed by atoms with E-state index in [1.54, 1.807) is 31.4 Å². The molecule has 1 unspecified atom stereocenters. The average Bonchev–Trinajstić information content (AvgIpc) is 2.30. The Bertz CT molecular complexity index is 364. The summed E-state index contributed by atoms with van der Waals surface area (Å²) in [6.45, 7) is 3.02. The quantitative estimate of drug-likeness (QED) is 0.732. The van der Waals surface area contributed by atoms with Crippen molar-refractivity contribution < 1.29 is 9.53 Å². The third-order valence-electron chi connectivity index (χ3n) is 2.72. The summed E-state index contributed by atoms with van der Waals surface area (Å²) in [4.78, 5) is 13.9. The van der Waals surface area contributed by atoms with Gasteiger partial charge in [0.1, 0.15) is 0 Å². The van der Waals surface area contributed by atoms with Crippen molar-refractivity contribution in [1.82, 2.24) is 4.90 Å². The Morgan fingerprint density at radius 2 is 2.00 bits per heavy atom. The van der Waals surface area contributed by atoms with Crippen molar-refractivity contribution in [3.05, 3.63) is 34.9 Å². The Hall–Kier alpha value is -0.900. The van der Waals surface area contributed by atoms with Crippen LogP contribution in [0.3, 0.4) is 0 Å². The van der Waals surface area contributed by atoms with Gasteiger partial charge in [-0.1, -0.05) is 11.6 Å². The fraction of sp³-hybridized carbons (Fsp3) is 0.462. The van der Waals surface area contributed by atoms with Crippen LogP contribution in [0.1, 0.15) is 17.3 Å². The molecule has 17 heavy (non-hydrogen) atoms. The topological polar surface area (TPSA) is 29.5 Å². The molecular formula is C13H18ClNO2. The van der Waals surface area contributed by atoms with E-state index in [4.69, 9.17) is 16.3 Å². The highest BCUT2D eigenvalue weighted by molar-refractivity contribution is 6.30. The van der Waals surface area contributed by atoms with Crippen molar-refractivity contribution in [3.63, 3.8) is 0 Å². The second-order valence-corrected chi connectivity index (χ2v) is 4.59. The van der Waals surface area contributed by atoms with E-state index in [-0.39, 0.29) is 11.8 Å². The Balaban J connectivity index is 2.57. The normalized spacial score (nSPS) is 12.8. The van der Waals surface area contributed by atoms with Crippen molar-refractivity contribution in [2.24, 2.45) is 0 Å². The molecular weight excluding hydrogens is 238 g/mol. The smallest absolute Gasteiger partial charge is 0.176 e. The van der Waals surface area contributed by atoms with E-state index in [9.17, 15) is 4.79 Å². The molecule has 1 aromatic rings. The molecule has 4 heteroatoms. The van der Waals surface area contributed by atoms with Gasteiger partial charge in [-0.25, -0.2) is 0 Å². The van der Waals surface area contributed by atoms with Crippen LogP contribution < -0.4 is 0 Å². The summed E-state index contributed by atoms with van der Waals surface area (Å²) < 4.78 is 5.06. The zero-order chi connectivity index (χ0) is 12.8. The van der Waals surface area contributed by atoms with E-state index in [1.807, 2.05) is 18.9 Å². The number of nitrogens with zero attached hydrogens (tertiary/aromatic N) is 1. The van der Waals surface area contributed by atoms with Gasteiger partial charge in [0.2, 0.25) is 0 Å². The van der Waals surface area contributed by atoms with Crippen molar-refractivity contribution >= 4 is 17.4 Å². The largest absolute Gasteiger partial charge is 0.383 e. The SMILES string of the molecule is COCC(C)N(C)CC(=O)c1ccc(Cl)cc1. The number of likely N-dealkylation sites (N-methyl/N-ethyl adjacent to an activating group) is 1. The van der Waals surface area contributed by atoms with Gasteiger partial charge in [-0.3, -0.25) is 9.69 Å². The first-order valence-electron chi connectivity index (χ1n) is 5.52. The first kappa shape index (κ1) is 14.2. The van der Waals surface area contributed by atoms with Crippen LogP contribution in [0.15, 0.2) is 24.3 Å². The van der Waals surface area contributed by atoms with Crippen LogP contribution in [-0.4, -0.2) is 44.0 Å². The Morgan fingerprint density at radius 3 is 2.53 bits per heavy atom. The molecule has 94 valence electrons. The first-order chi connectivity index (χ1) is 8.04. The number of ketones is 1. The lowest BCUT2D eigenvalue weighted by molar-refractivity contribution is 0.0841. The number of benzene rings is 1. The zero-order valence-corrected chi connectivity index (χ0v) is 11.2. The van der Waals surface area contributed by atoms with Crippen LogP contribution in [0.2, 0.25) is 5.02 Å². The zero-order valence-electron chi connectivity index (χ0n) is 10.4. The maximum absolute atomic E-state index is 11.9. The predicted molar refractivity (Wildman–Crippen MR) is 69.8 cm³/mol. The van der Waals surface area contributed by atoms with Crippen LogP contribution in [-0.2, 0) is 4.74 Å². The second kappa shape index (κ2) is 6.74. The van der Waals surface area contributed by atoms with Crippen molar-refractivity contribution in [3.8, 4) is 0 Å². The van der Waals surface area contributed by atoms with Crippen molar-refractivity contribution in [1.29, 1.82) is 0 Å². The molecule has 0 N–H and O–H groups in total. The number of Topliss-reactive ketones (excluding diaryl/α,β-unsaturated/α-hetero) is 1. The molecule has 0 radical (unpaired) electrons. The molecule has 0 aliphatic heterocycles. The predicted octanol–water partition coefficient (Wildman–Crippen LogP) is 2.49.